The van der Waals surface area contributed by atoms with Crippen molar-refractivity contribution in [2.24, 2.45) is 5.73 Å². The highest BCUT2D eigenvalue weighted by molar-refractivity contribution is 5.97. The number of para-hydroxylation sites is 1. The molecule has 0 aliphatic rings. The molecule has 0 spiro atoms. The molecular formula is C37H44N4O7. The lowest BCUT2D eigenvalue weighted by atomic mass is 10.1. The summed E-state index contributed by atoms with van der Waals surface area (Å²) in [5.41, 5.74) is 9.08. The number of benzene rings is 3. The Morgan fingerprint density at radius 2 is 1.65 bits per heavy atom. The highest BCUT2D eigenvalue weighted by Crippen LogP contribution is 2.29. The number of ether oxygens (including phenoxy) is 3. The molecule has 3 aromatic carbocycles. The van der Waals surface area contributed by atoms with Crippen LogP contribution < -0.4 is 20.5 Å². The van der Waals surface area contributed by atoms with E-state index in [1.165, 1.54) is 5.56 Å². The standard InChI is InChI=1S/C23H28N2O5.C7H10N2.C7H6O2/c1-3-28-23(27)21-13-19-20(25-21)11-16(2)12-22(19)30-15-17(26)14-24-9-10-29-18-7-5-4-6-8-18;8-4-1-7-2-5-9-6-3-7;8-7(9)6-4-2-1-3-5-6/h4-8,11-13,17,24-26H,3,9-10,14-15H2,1-2H3;2-3,5-6H,1,4,8H2;1-5H,(H,8,9). The predicted octanol–water partition coefficient (Wildman–Crippen LogP) is 5.03. The van der Waals surface area contributed by atoms with Crippen molar-refractivity contribution in [1.29, 1.82) is 0 Å². The van der Waals surface area contributed by atoms with Gasteiger partial charge in [-0.2, -0.15) is 0 Å². The van der Waals surface area contributed by atoms with Gasteiger partial charge in [0, 0.05) is 30.9 Å². The number of aromatic carboxylic acids is 1. The molecule has 0 saturated carbocycles. The first kappa shape index (κ1) is 37.2. The number of nitrogens with one attached hydrogen (secondary N) is 2. The number of carbonyl (C=O) groups excluding carboxylic acids is 1. The summed E-state index contributed by atoms with van der Waals surface area (Å²) in [7, 11) is 0. The molecule has 254 valence electrons. The van der Waals surface area contributed by atoms with Gasteiger partial charge in [-0.25, -0.2) is 9.59 Å². The van der Waals surface area contributed by atoms with Crippen LogP contribution in [0.25, 0.3) is 10.9 Å². The molecule has 0 saturated heterocycles. The molecule has 0 amide bonds. The summed E-state index contributed by atoms with van der Waals surface area (Å²) in [4.78, 5) is 29.1. The summed E-state index contributed by atoms with van der Waals surface area (Å²) in [5, 5.41) is 22.5. The number of carbonyl (C=O) groups is 2. The molecule has 0 radical (unpaired) electrons. The first-order valence-corrected chi connectivity index (χ1v) is 15.7. The molecule has 48 heavy (non-hydrogen) atoms. The molecule has 0 fully saturated rings. The second kappa shape index (κ2) is 20.8. The number of aromatic amines is 1. The van der Waals surface area contributed by atoms with E-state index in [4.69, 9.17) is 25.1 Å². The van der Waals surface area contributed by atoms with Crippen LogP contribution in [0.1, 0.15) is 38.9 Å². The zero-order chi connectivity index (χ0) is 34.6. The summed E-state index contributed by atoms with van der Waals surface area (Å²) in [5.74, 6) is 0.151. The van der Waals surface area contributed by atoms with Gasteiger partial charge in [0.25, 0.3) is 0 Å². The highest BCUT2D eigenvalue weighted by atomic mass is 16.5. The first-order chi connectivity index (χ1) is 23.3. The van der Waals surface area contributed by atoms with E-state index >= 15 is 0 Å². The van der Waals surface area contributed by atoms with Crippen molar-refractivity contribution in [3.05, 3.63) is 126 Å². The Bertz CT molecular complexity index is 1650. The fourth-order valence-electron chi connectivity index (χ4n) is 4.35. The average molecular weight is 657 g/mol. The minimum atomic E-state index is -0.879. The Hall–Kier alpha value is -5.23. The largest absolute Gasteiger partial charge is 0.492 e. The molecule has 5 aromatic rings. The Kier molecular flexibility index (Phi) is 16.1. The van der Waals surface area contributed by atoms with Gasteiger partial charge < -0.3 is 40.5 Å². The quantitative estimate of drug-likeness (QED) is 0.0808. The molecule has 5 rings (SSSR count). The molecule has 11 nitrogen and oxygen atoms in total. The van der Waals surface area contributed by atoms with Crippen molar-refractivity contribution in [1.82, 2.24) is 15.3 Å². The third-order valence-corrected chi connectivity index (χ3v) is 6.64. The maximum atomic E-state index is 12.0. The summed E-state index contributed by atoms with van der Waals surface area (Å²) in [6, 6.07) is 27.4. The van der Waals surface area contributed by atoms with E-state index in [1.807, 2.05) is 61.5 Å². The van der Waals surface area contributed by atoms with Crippen LogP contribution in [0.4, 0.5) is 0 Å². The predicted molar refractivity (Wildman–Crippen MR) is 186 cm³/mol. The fraction of sp³-hybridized carbons (Fsp3) is 0.270. The topological polar surface area (TPSA) is 169 Å². The Labute approximate surface area is 280 Å². The van der Waals surface area contributed by atoms with Crippen LogP contribution in [0.5, 0.6) is 11.5 Å². The zero-order valence-corrected chi connectivity index (χ0v) is 27.3. The van der Waals surface area contributed by atoms with Crippen molar-refractivity contribution in [3.63, 3.8) is 0 Å². The van der Waals surface area contributed by atoms with E-state index in [9.17, 15) is 14.7 Å². The van der Waals surface area contributed by atoms with Crippen LogP contribution in [0, 0.1) is 6.92 Å². The lowest BCUT2D eigenvalue weighted by molar-refractivity contribution is 0.0520. The molecule has 6 N–H and O–H groups in total. The SMILES string of the molecule is CCOC(=O)c1cc2c(OCC(O)CNCCOc3ccccc3)cc(C)cc2[nH]1.NCCc1ccncc1.O=C(O)c1ccccc1. The number of hydrogen-bond acceptors (Lipinski definition) is 9. The summed E-state index contributed by atoms with van der Waals surface area (Å²) >= 11 is 0. The molecule has 1 unspecified atom stereocenters. The number of rotatable bonds is 14. The van der Waals surface area contributed by atoms with Gasteiger partial charge in [0.05, 0.1) is 17.7 Å². The van der Waals surface area contributed by atoms with Gasteiger partial charge >= 0.3 is 11.9 Å². The number of nitrogens with two attached hydrogens (primary N) is 1. The van der Waals surface area contributed by atoms with E-state index in [0.717, 1.165) is 28.6 Å². The molecule has 0 aliphatic heterocycles. The number of carboxylic acids is 1. The van der Waals surface area contributed by atoms with Crippen LogP contribution in [-0.2, 0) is 11.2 Å². The third kappa shape index (κ3) is 13.2. The smallest absolute Gasteiger partial charge is 0.354 e. The molecule has 2 heterocycles. The molecule has 2 aromatic heterocycles. The Balaban J connectivity index is 0.000000280. The molecule has 11 heteroatoms. The van der Waals surface area contributed by atoms with E-state index in [-0.39, 0.29) is 6.61 Å². The second-order valence-electron chi connectivity index (χ2n) is 10.5. The fourth-order valence-corrected chi connectivity index (χ4v) is 4.35. The number of esters is 1. The monoisotopic (exact) mass is 656 g/mol. The van der Waals surface area contributed by atoms with Gasteiger partial charge in [-0.05, 0) is 92.5 Å². The van der Waals surface area contributed by atoms with Crippen molar-refractivity contribution in [3.8, 4) is 11.5 Å². The minimum Gasteiger partial charge on any atom is -0.492 e. The van der Waals surface area contributed by atoms with Gasteiger partial charge in [0.2, 0.25) is 0 Å². The normalized spacial score (nSPS) is 10.9. The number of pyridine rings is 1. The number of aromatic nitrogens is 2. The molecule has 0 bridgehead atoms. The molecule has 1 atom stereocenters. The number of nitrogens with zero attached hydrogens (tertiary/aromatic N) is 1. The Morgan fingerprint density at radius 3 is 2.27 bits per heavy atom. The van der Waals surface area contributed by atoms with E-state index in [2.05, 4.69) is 15.3 Å². The third-order valence-electron chi connectivity index (χ3n) is 6.64. The first-order valence-electron chi connectivity index (χ1n) is 15.7. The van der Waals surface area contributed by atoms with Gasteiger partial charge in [-0.15, -0.1) is 0 Å². The minimum absolute atomic E-state index is 0.130. The van der Waals surface area contributed by atoms with Crippen molar-refractivity contribution in [2.45, 2.75) is 26.4 Å². The maximum absolute atomic E-state index is 12.0. The number of aliphatic hydroxyl groups is 1. The number of aryl methyl sites for hydroxylation is 1. The van der Waals surface area contributed by atoms with Crippen molar-refractivity contribution >= 4 is 22.8 Å². The molecular weight excluding hydrogens is 612 g/mol. The second-order valence-corrected chi connectivity index (χ2v) is 10.5. The summed E-state index contributed by atoms with van der Waals surface area (Å²) in [6.45, 7) is 6.37. The van der Waals surface area contributed by atoms with Crippen LogP contribution in [0.3, 0.4) is 0 Å². The Morgan fingerprint density at radius 1 is 0.958 bits per heavy atom. The van der Waals surface area contributed by atoms with E-state index < -0.39 is 18.0 Å². The zero-order valence-electron chi connectivity index (χ0n) is 27.3. The number of hydrogen-bond donors (Lipinski definition) is 5. The van der Waals surface area contributed by atoms with Gasteiger partial charge in [0.15, 0.2) is 0 Å². The number of fused-ring (bicyclic) bond motifs is 1. The van der Waals surface area contributed by atoms with Crippen molar-refractivity contribution < 1.29 is 34.0 Å². The van der Waals surface area contributed by atoms with Gasteiger partial charge in [0.1, 0.15) is 36.5 Å². The van der Waals surface area contributed by atoms with Crippen LogP contribution in [0.15, 0.2) is 103 Å². The lowest BCUT2D eigenvalue weighted by Gasteiger charge is -2.14. The van der Waals surface area contributed by atoms with Crippen molar-refractivity contribution in [2.75, 3.05) is 39.5 Å². The van der Waals surface area contributed by atoms with E-state index in [1.54, 1.807) is 55.7 Å². The van der Waals surface area contributed by atoms with Gasteiger partial charge in [-0.1, -0.05) is 36.4 Å². The van der Waals surface area contributed by atoms with E-state index in [0.29, 0.717) is 49.9 Å². The number of aliphatic hydroxyl groups excluding tert-OH is 1. The highest BCUT2D eigenvalue weighted by Gasteiger charge is 2.15. The number of carboxylic acid groups (broad SMARTS) is 1. The van der Waals surface area contributed by atoms with Crippen LogP contribution >= 0.6 is 0 Å². The number of H-pyrrole nitrogens is 1. The summed E-state index contributed by atoms with van der Waals surface area (Å²) < 4.78 is 16.5. The average Bonchev–Trinajstić information content (AvgIpc) is 3.54. The maximum Gasteiger partial charge on any atom is 0.354 e. The van der Waals surface area contributed by atoms with Crippen LogP contribution in [-0.4, -0.2) is 77.7 Å². The van der Waals surface area contributed by atoms with Gasteiger partial charge in [-0.3, -0.25) is 4.98 Å². The lowest BCUT2D eigenvalue weighted by Crippen LogP contribution is -2.33. The van der Waals surface area contributed by atoms with Crippen LogP contribution in [0.2, 0.25) is 0 Å². The molecule has 0 aliphatic carbocycles. The summed E-state index contributed by atoms with van der Waals surface area (Å²) in [6.07, 6.45) is 3.83.